The van der Waals surface area contributed by atoms with Crippen LogP contribution in [0.5, 0.6) is 5.75 Å². The van der Waals surface area contributed by atoms with Crippen molar-refractivity contribution in [3.8, 4) is 5.75 Å². The van der Waals surface area contributed by atoms with E-state index >= 15 is 0 Å². The number of aliphatic hydroxyl groups excluding tert-OH is 1. The second-order valence-corrected chi connectivity index (χ2v) is 10.5. The minimum absolute atomic E-state index is 0.0140. The number of piperidine rings is 1. The molecule has 3 atom stereocenters. The van der Waals surface area contributed by atoms with Crippen molar-refractivity contribution in [2.24, 2.45) is 23.7 Å². The number of Topliss-reactive ketones (excluding diaryl/α,β-unsaturated/α-hetero) is 1. The molecular formula is C28H35ClFN3O3. The summed E-state index contributed by atoms with van der Waals surface area (Å²) in [6.45, 7) is 4.42. The summed E-state index contributed by atoms with van der Waals surface area (Å²) in [7, 11) is 0. The maximum Gasteiger partial charge on any atom is 0.225 e. The molecule has 1 aliphatic heterocycles. The minimum atomic E-state index is -0.408. The minimum Gasteiger partial charge on any atom is -0.493 e. The molecule has 4 rings (SSSR count). The number of carbonyl (C=O) groups excluding carboxylic acids is 1. The average Bonchev–Trinajstić information content (AvgIpc) is 3.65. The molecule has 0 radical (unpaired) electrons. The number of aromatic nitrogens is 2. The smallest absolute Gasteiger partial charge is 0.225 e. The molecule has 194 valence electrons. The van der Waals surface area contributed by atoms with Crippen LogP contribution in [0.3, 0.4) is 0 Å². The number of hydrogen-bond donors (Lipinski definition) is 1. The molecule has 2 aromatic rings. The van der Waals surface area contributed by atoms with Crippen molar-refractivity contribution in [3.63, 3.8) is 0 Å². The predicted octanol–water partition coefficient (Wildman–Crippen LogP) is 5.28. The van der Waals surface area contributed by atoms with Crippen LogP contribution in [-0.4, -0.2) is 47.2 Å². The Labute approximate surface area is 217 Å². The lowest BCUT2D eigenvalue weighted by Gasteiger charge is -2.32. The van der Waals surface area contributed by atoms with Gasteiger partial charge in [-0.2, -0.15) is 0 Å². The van der Waals surface area contributed by atoms with Gasteiger partial charge < -0.3 is 14.7 Å². The SMILES string of the molecule is CC(C=CCC(=O)Cc1ccc(OCC[C@@H]2C[C@@H]2C2CCN(c3ncc(Cl)cn3)CC2)cc1F)CO. The maximum atomic E-state index is 14.5. The van der Waals surface area contributed by atoms with Crippen LogP contribution in [0.15, 0.2) is 42.7 Å². The van der Waals surface area contributed by atoms with Gasteiger partial charge in [0, 0.05) is 38.6 Å². The van der Waals surface area contributed by atoms with Gasteiger partial charge in [-0.3, -0.25) is 4.79 Å². The number of hydrogen-bond acceptors (Lipinski definition) is 6. The van der Waals surface area contributed by atoms with Gasteiger partial charge in [0.25, 0.3) is 0 Å². The Morgan fingerprint density at radius 1 is 1.31 bits per heavy atom. The molecule has 1 N–H and O–H groups in total. The Morgan fingerprint density at radius 2 is 2.06 bits per heavy atom. The molecular weight excluding hydrogens is 481 g/mol. The zero-order valence-electron chi connectivity index (χ0n) is 20.8. The molecule has 2 aliphatic rings. The molecule has 0 bridgehead atoms. The quantitative estimate of drug-likeness (QED) is 0.388. The molecule has 8 heteroatoms. The third-order valence-electron chi connectivity index (χ3n) is 7.28. The van der Waals surface area contributed by atoms with Crippen LogP contribution in [0, 0.1) is 29.5 Å². The summed E-state index contributed by atoms with van der Waals surface area (Å²) in [4.78, 5) is 23.0. The summed E-state index contributed by atoms with van der Waals surface area (Å²) in [5.41, 5.74) is 0.383. The van der Waals surface area contributed by atoms with Crippen molar-refractivity contribution in [2.75, 3.05) is 31.2 Å². The van der Waals surface area contributed by atoms with E-state index in [-0.39, 0.29) is 31.1 Å². The standard InChI is InChI=1S/C28H35ClFN3O3/c1-19(18-34)3-2-4-24(35)13-22-5-6-25(15-27(22)30)36-12-9-21-14-26(21)20-7-10-33(11-8-20)28-31-16-23(29)17-32-28/h2-3,5-6,15-17,19-21,26,34H,4,7-14,18H2,1H3/t19?,21-,26-/m1/s1. The predicted molar refractivity (Wildman–Crippen MR) is 139 cm³/mol. The number of allylic oxidation sites excluding steroid dienone is 1. The summed E-state index contributed by atoms with van der Waals surface area (Å²) in [6, 6.07) is 4.76. The number of aliphatic hydroxyl groups is 1. The fourth-order valence-corrected chi connectivity index (χ4v) is 5.14. The lowest BCUT2D eigenvalue weighted by molar-refractivity contribution is -0.117. The highest BCUT2D eigenvalue weighted by Gasteiger charge is 2.43. The largest absolute Gasteiger partial charge is 0.493 e. The van der Waals surface area contributed by atoms with Gasteiger partial charge in [-0.05, 0) is 61.0 Å². The normalized spacial score (nSPS) is 21.1. The first-order valence-electron chi connectivity index (χ1n) is 12.9. The van der Waals surface area contributed by atoms with Crippen LogP contribution in [-0.2, 0) is 11.2 Å². The highest BCUT2D eigenvalue weighted by Crippen LogP contribution is 2.49. The highest BCUT2D eigenvalue weighted by atomic mass is 35.5. The zero-order valence-corrected chi connectivity index (χ0v) is 21.5. The van der Waals surface area contributed by atoms with E-state index < -0.39 is 5.82 Å². The van der Waals surface area contributed by atoms with Gasteiger partial charge in [-0.25, -0.2) is 14.4 Å². The Hall–Kier alpha value is -2.51. The third kappa shape index (κ3) is 7.50. The van der Waals surface area contributed by atoms with E-state index in [4.69, 9.17) is 21.4 Å². The lowest BCUT2D eigenvalue weighted by Crippen LogP contribution is -2.35. The van der Waals surface area contributed by atoms with Crippen molar-refractivity contribution < 1.29 is 19.0 Å². The number of benzene rings is 1. The van der Waals surface area contributed by atoms with E-state index in [0.29, 0.717) is 28.9 Å². The van der Waals surface area contributed by atoms with Crippen molar-refractivity contribution >= 4 is 23.3 Å². The molecule has 1 aromatic carbocycles. The van der Waals surface area contributed by atoms with Gasteiger partial charge in [0.05, 0.1) is 24.0 Å². The molecule has 6 nitrogen and oxygen atoms in total. The summed E-state index contributed by atoms with van der Waals surface area (Å²) >= 11 is 5.89. The number of ketones is 1. The summed E-state index contributed by atoms with van der Waals surface area (Å²) < 4.78 is 20.3. The van der Waals surface area contributed by atoms with E-state index in [1.807, 2.05) is 6.92 Å². The molecule has 0 amide bonds. The Bertz CT molecular complexity index is 1040. The van der Waals surface area contributed by atoms with Crippen molar-refractivity contribution in [1.82, 2.24) is 9.97 Å². The monoisotopic (exact) mass is 515 g/mol. The number of rotatable bonds is 12. The second kappa shape index (κ2) is 12.6. The fourth-order valence-electron chi connectivity index (χ4n) is 5.04. The zero-order chi connectivity index (χ0) is 25.5. The second-order valence-electron chi connectivity index (χ2n) is 10.1. The van der Waals surface area contributed by atoms with Crippen molar-refractivity contribution in [2.45, 2.75) is 45.4 Å². The van der Waals surface area contributed by atoms with Crippen LogP contribution in [0.2, 0.25) is 5.02 Å². The highest BCUT2D eigenvalue weighted by molar-refractivity contribution is 6.30. The van der Waals surface area contributed by atoms with E-state index in [2.05, 4.69) is 14.9 Å². The van der Waals surface area contributed by atoms with Crippen molar-refractivity contribution in [3.05, 3.63) is 59.1 Å². The topological polar surface area (TPSA) is 75.5 Å². The van der Waals surface area contributed by atoms with Gasteiger partial charge in [0.1, 0.15) is 17.3 Å². The van der Waals surface area contributed by atoms with Gasteiger partial charge in [0.2, 0.25) is 5.95 Å². The Kier molecular flexibility index (Phi) is 9.32. The summed E-state index contributed by atoms with van der Waals surface area (Å²) in [6.07, 6.45) is 11.6. The molecule has 1 unspecified atom stereocenters. The number of nitrogens with zero attached hydrogens (tertiary/aromatic N) is 3. The lowest BCUT2D eigenvalue weighted by atomic mass is 9.90. The van der Waals surface area contributed by atoms with Crippen LogP contribution >= 0.6 is 11.6 Å². The van der Waals surface area contributed by atoms with Crippen LogP contribution in [0.25, 0.3) is 0 Å². The first kappa shape index (κ1) is 26.6. The first-order valence-corrected chi connectivity index (χ1v) is 13.2. The summed E-state index contributed by atoms with van der Waals surface area (Å²) in [5.74, 6) is 2.97. The molecule has 2 fully saturated rings. The van der Waals surface area contributed by atoms with E-state index in [1.165, 1.54) is 12.5 Å². The third-order valence-corrected chi connectivity index (χ3v) is 7.47. The molecule has 1 aromatic heterocycles. The molecule has 1 saturated carbocycles. The molecule has 1 saturated heterocycles. The molecule has 1 aliphatic carbocycles. The first-order chi connectivity index (χ1) is 17.4. The molecule has 0 spiro atoms. The van der Waals surface area contributed by atoms with E-state index in [9.17, 15) is 9.18 Å². The van der Waals surface area contributed by atoms with E-state index in [0.717, 1.165) is 50.1 Å². The van der Waals surface area contributed by atoms with Gasteiger partial charge in [0.15, 0.2) is 0 Å². The molecule has 36 heavy (non-hydrogen) atoms. The fraction of sp³-hybridized carbons (Fsp3) is 0.536. The van der Waals surface area contributed by atoms with Crippen LogP contribution in [0.4, 0.5) is 10.3 Å². The van der Waals surface area contributed by atoms with Gasteiger partial charge >= 0.3 is 0 Å². The number of ether oxygens (including phenoxy) is 1. The summed E-state index contributed by atoms with van der Waals surface area (Å²) in [5, 5.41) is 9.57. The average molecular weight is 516 g/mol. The number of halogens is 2. The number of carbonyl (C=O) groups is 1. The Balaban J connectivity index is 1.14. The van der Waals surface area contributed by atoms with Gasteiger partial charge in [-0.1, -0.05) is 36.7 Å². The molecule has 2 heterocycles. The van der Waals surface area contributed by atoms with Gasteiger partial charge in [-0.15, -0.1) is 0 Å². The van der Waals surface area contributed by atoms with Crippen LogP contribution < -0.4 is 9.64 Å². The maximum absolute atomic E-state index is 14.5. The Morgan fingerprint density at radius 3 is 2.75 bits per heavy atom. The van der Waals surface area contributed by atoms with Crippen molar-refractivity contribution in [1.29, 1.82) is 0 Å². The number of anilines is 1. The van der Waals surface area contributed by atoms with Crippen LogP contribution in [0.1, 0.15) is 44.6 Å². The van der Waals surface area contributed by atoms with E-state index in [1.54, 1.807) is 36.7 Å².